The first-order chi connectivity index (χ1) is 15.1. The van der Waals surface area contributed by atoms with Gasteiger partial charge in [-0.25, -0.2) is 4.99 Å². The summed E-state index contributed by atoms with van der Waals surface area (Å²) in [4.78, 5) is 40.2. The highest BCUT2D eigenvalue weighted by atomic mass is 32.2. The van der Waals surface area contributed by atoms with Crippen molar-refractivity contribution in [2.24, 2.45) is 16.5 Å². The molecule has 32 heavy (non-hydrogen) atoms. The van der Waals surface area contributed by atoms with Crippen molar-refractivity contribution in [2.75, 3.05) is 12.3 Å². The number of amides is 2. The quantitative estimate of drug-likeness (QED) is 0.180. The van der Waals surface area contributed by atoms with Crippen LogP contribution in [-0.4, -0.2) is 49.9 Å². The normalized spacial score (nSPS) is 13.3. The smallest absolute Gasteiger partial charge is 0.306 e. The van der Waals surface area contributed by atoms with Crippen LogP contribution in [0.4, 0.5) is 5.69 Å². The van der Waals surface area contributed by atoms with Gasteiger partial charge in [0.25, 0.3) is 5.91 Å². The molecule has 12 heteroatoms. The Bertz CT molecular complexity index is 1020. The highest BCUT2D eigenvalue weighted by Gasteiger charge is 2.36. The van der Waals surface area contributed by atoms with Crippen LogP contribution in [0.1, 0.15) is 22.3 Å². The maximum absolute atomic E-state index is 12.6. The molecule has 170 valence electrons. The molecule has 2 unspecified atom stereocenters. The number of rotatable bonds is 10. The summed E-state index contributed by atoms with van der Waals surface area (Å²) in [5, 5.41) is 14.2. The fraction of sp³-hybridized carbons (Fsp3) is 0.200. The molecule has 0 aliphatic heterocycles. The maximum atomic E-state index is 12.6. The number of nitrogens with two attached hydrogens (primary N) is 2. The predicted octanol–water partition coefficient (Wildman–Crippen LogP) is -0.313. The van der Waals surface area contributed by atoms with E-state index in [-0.39, 0.29) is 11.5 Å². The summed E-state index contributed by atoms with van der Waals surface area (Å²) in [6, 6.07) is 13.9. The molecule has 2 rings (SSSR count). The Hall–Kier alpha value is -3.77. The van der Waals surface area contributed by atoms with Crippen molar-refractivity contribution in [1.29, 1.82) is 0 Å². The molecule has 0 aliphatic rings. The number of aliphatic carboxylic acids is 1. The van der Waals surface area contributed by atoms with Crippen LogP contribution < -0.4 is 22.1 Å². The summed E-state index contributed by atoms with van der Waals surface area (Å²) in [5.41, 5.74) is 9.73. The van der Waals surface area contributed by atoms with E-state index in [1.165, 1.54) is 24.3 Å². The molecule has 0 bridgehead atoms. The standard InChI is InChI=1S/C20H23N5O6S/c21-19(22)24-15-8-4-5-13(9-15)18(29)23-11-16(26)25-20(10-17(27)28,12-32(30)31)14-6-2-1-3-7-14/h1-9H,10-12H2,(H,23,29)(H,25,26)(H,27,28)(H,30,31)(H4,21,22,24)/p-1. The maximum Gasteiger partial charge on any atom is 0.306 e. The fourth-order valence-corrected chi connectivity index (χ4v) is 3.79. The van der Waals surface area contributed by atoms with Crippen molar-refractivity contribution < 1.29 is 28.3 Å². The number of carboxylic acids is 1. The molecule has 0 aromatic heterocycles. The summed E-state index contributed by atoms with van der Waals surface area (Å²) in [7, 11) is 0. The third kappa shape index (κ3) is 7.18. The molecular weight excluding hydrogens is 438 g/mol. The van der Waals surface area contributed by atoms with Gasteiger partial charge in [0.2, 0.25) is 5.91 Å². The van der Waals surface area contributed by atoms with Crippen LogP contribution in [0.15, 0.2) is 59.6 Å². The molecule has 2 atom stereocenters. The minimum atomic E-state index is -2.67. The molecule has 0 spiro atoms. The first-order valence-electron chi connectivity index (χ1n) is 9.23. The van der Waals surface area contributed by atoms with Gasteiger partial charge < -0.3 is 31.8 Å². The molecule has 0 radical (unpaired) electrons. The summed E-state index contributed by atoms with van der Waals surface area (Å²) in [5.74, 6) is -3.53. The summed E-state index contributed by atoms with van der Waals surface area (Å²) < 4.78 is 22.9. The van der Waals surface area contributed by atoms with Gasteiger partial charge in [0.15, 0.2) is 5.96 Å². The fourth-order valence-electron chi connectivity index (χ4n) is 3.04. The van der Waals surface area contributed by atoms with Crippen molar-refractivity contribution in [2.45, 2.75) is 12.0 Å². The monoisotopic (exact) mass is 460 g/mol. The second-order valence-corrected chi connectivity index (χ2v) is 7.68. The lowest BCUT2D eigenvalue weighted by Crippen LogP contribution is -2.53. The van der Waals surface area contributed by atoms with Crippen LogP contribution in [-0.2, 0) is 26.2 Å². The Labute approximate surface area is 186 Å². The van der Waals surface area contributed by atoms with E-state index in [2.05, 4.69) is 15.6 Å². The largest absolute Gasteiger partial charge is 0.772 e. The number of benzene rings is 2. The number of hydrogen-bond donors (Lipinski definition) is 5. The molecule has 0 aliphatic carbocycles. The second kappa shape index (κ2) is 11.0. The lowest BCUT2D eigenvalue weighted by atomic mass is 9.88. The summed E-state index contributed by atoms with van der Waals surface area (Å²) in [6.07, 6.45) is -0.675. The van der Waals surface area contributed by atoms with Crippen molar-refractivity contribution in [1.82, 2.24) is 10.6 Å². The highest BCUT2D eigenvalue weighted by Crippen LogP contribution is 2.26. The SMILES string of the molecule is NC(N)=Nc1cccc(C(=O)NCC(=O)NC(CC(=O)O)(CS(=O)[O-])c2ccccc2)c1. The van der Waals surface area contributed by atoms with Gasteiger partial charge in [-0.2, -0.15) is 0 Å². The van der Waals surface area contributed by atoms with Gasteiger partial charge in [-0.15, -0.1) is 0 Å². The van der Waals surface area contributed by atoms with Crippen molar-refractivity contribution in [3.05, 3.63) is 65.7 Å². The third-order valence-electron chi connectivity index (χ3n) is 4.30. The molecule has 0 fully saturated rings. The van der Waals surface area contributed by atoms with E-state index < -0.39 is 53.1 Å². The van der Waals surface area contributed by atoms with Crippen LogP contribution in [0, 0.1) is 0 Å². The van der Waals surface area contributed by atoms with Crippen LogP contribution in [0.3, 0.4) is 0 Å². The molecule has 0 heterocycles. The Morgan fingerprint density at radius 2 is 1.78 bits per heavy atom. The number of guanidine groups is 1. The molecule has 0 saturated heterocycles. The number of nitrogens with one attached hydrogen (secondary N) is 2. The van der Waals surface area contributed by atoms with Crippen LogP contribution in [0.5, 0.6) is 0 Å². The average molecular weight is 460 g/mol. The Morgan fingerprint density at radius 3 is 2.38 bits per heavy atom. The number of carboxylic acid groups (broad SMARTS) is 1. The van der Waals surface area contributed by atoms with Crippen LogP contribution in [0.2, 0.25) is 0 Å². The van der Waals surface area contributed by atoms with E-state index >= 15 is 0 Å². The molecule has 7 N–H and O–H groups in total. The molecule has 2 amide bonds. The van der Waals surface area contributed by atoms with Gasteiger partial charge >= 0.3 is 5.97 Å². The van der Waals surface area contributed by atoms with E-state index in [0.717, 1.165) is 0 Å². The zero-order valence-electron chi connectivity index (χ0n) is 16.8. The van der Waals surface area contributed by atoms with Crippen LogP contribution in [0.25, 0.3) is 0 Å². The van der Waals surface area contributed by atoms with Gasteiger partial charge in [0.05, 0.1) is 24.2 Å². The molecular formula is C20H22N5O6S-. The van der Waals surface area contributed by atoms with Gasteiger partial charge in [-0.05, 0) is 23.8 Å². The average Bonchev–Trinajstić information content (AvgIpc) is 2.71. The van der Waals surface area contributed by atoms with Gasteiger partial charge in [0, 0.05) is 11.3 Å². The number of hydrogen-bond acceptors (Lipinski definition) is 6. The first-order valence-corrected chi connectivity index (χ1v) is 10.5. The number of carbonyl (C=O) groups excluding carboxylic acids is 2. The lowest BCUT2D eigenvalue weighted by molar-refractivity contribution is -0.139. The Morgan fingerprint density at radius 1 is 1.09 bits per heavy atom. The molecule has 11 nitrogen and oxygen atoms in total. The van der Waals surface area contributed by atoms with Crippen molar-refractivity contribution in [3.63, 3.8) is 0 Å². The molecule has 0 saturated carbocycles. The molecule has 2 aromatic carbocycles. The minimum absolute atomic E-state index is 0.181. The summed E-state index contributed by atoms with van der Waals surface area (Å²) in [6.45, 7) is -0.523. The van der Waals surface area contributed by atoms with Gasteiger partial charge in [-0.3, -0.25) is 18.6 Å². The highest BCUT2D eigenvalue weighted by molar-refractivity contribution is 7.79. The van der Waals surface area contributed by atoms with Crippen LogP contribution >= 0.6 is 0 Å². The Kier molecular flexibility index (Phi) is 8.44. The van der Waals surface area contributed by atoms with Gasteiger partial charge in [-0.1, -0.05) is 47.5 Å². The third-order valence-corrected chi connectivity index (χ3v) is 5.03. The topological polar surface area (TPSA) is 200 Å². The second-order valence-electron chi connectivity index (χ2n) is 6.78. The lowest BCUT2D eigenvalue weighted by Gasteiger charge is -2.35. The first kappa shape index (κ1) is 24.5. The Balaban J connectivity index is 2.18. The van der Waals surface area contributed by atoms with Crippen molar-refractivity contribution >= 4 is 40.5 Å². The predicted molar refractivity (Wildman–Crippen MR) is 117 cm³/mol. The number of nitrogens with zero attached hydrogens (tertiary/aromatic N) is 1. The van der Waals surface area contributed by atoms with E-state index in [1.54, 1.807) is 30.3 Å². The number of carbonyl (C=O) groups is 3. The number of aliphatic imine (C=N–C) groups is 1. The summed E-state index contributed by atoms with van der Waals surface area (Å²) >= 11 is -2.67. The zero-order valence-corrected chi connectivity index (χ0v) is 17.6. The van der Waals surface area contributed by atoms with Gasteiger partial charge in [0.1, 0.15) is 0 Å². The van der Waals surface area contributed by atoms with Crippen molar-refractivity contribution in [3.8, 4) is 0 Å². The van der Waals surface area contributed by atoms with E-state index in [4.69, 9.17) is 11.5 Å². The van der Waals surface area contributed by atoms with E-state index in [0.29, 0.717) is 11.3 Å². The molecule has 2 aromatic rings. The van der Waals surface area contributed by atoms with E-state index in [9.17, 15) is 28.3 Å². The van der Waals surface area contributed by atoms with E-state index in [1.807, 2.05) is 0 Å². The zero-order chi connectivity index (χ0) is 23.7. The minimum Gasteiger partial charge on any atom is -0.772 e.